The number of nitrogens with zero attached hydrogens (tertiary/aromatic N) is 2. The van der Waals surface area contributed by atoms with Crippen LogP contribution in [0.5, 0.6) is 0 Å². The van der Waals surface area contributed by atoms with E-state index in [1.54, 1.807) is 0 Å². The first kappa shape index (κ1) is 24.9. The Labute approximate surface area is 201 Å². The molecule has 1 saturated heterocycles. The quantitative estimate of drug-likeness (QED) is 0.419. The molecule has 1 aliphatic rings. The molecular formula is C27H26F4N2O2. The third-order valence-corrected chi connectivity index (χ3v) is 6.07. The molecule has 0 aliphatic carbocycles. The maximum atomic E-state index is 13.4. The van der Waals surface area contributed by atoms with Crippen LogP contribution in [0.1, 0.15) is 33.2 Å². The molecule has 1 aliphatic heterocycles. The van der Waals surface area contributed by atoms with Gasteiger partial charge >= 0.3 is 6.18 Å². The van der Waals surface area contributed by atoms with Crippen LogP contribution in [0.4, 0.5) is 17.6 Å². The molecule has 1 amide bonds. The summed E-state index contributed by atoms with van der Waals surface area (Å²) < 4.78 is 59.6. The average Bonchev–Trinajstić information content (AvgIpc) is 2.87. The highest BCUT2D eigenvalue weighted by molar-refractivity contribution is 5.96. The molecule has 0 bridgehead atoms. The molecule has 35 heavy (non-hydrogen) atoms. The highest BCUT2D eigenvalue weighted by atomic mass is 19.4. The van der Waals surface area contributed by atoms with Gasteiger partial charge in [-0.1, -0.05) is 60.7 Å². The fourth-order valence-electron chi connectivity index (χ4n) is 4.22. The average molecular weight is 487 g/mol. The van der Waals surface area contributed by atoms with Gasteiger partial charge in [0.1, 0.15) is 11.9 Å². The van der Waals surface area contributed by atoms with Gasteiger partial charge in [-0.3, -0.25) is 9.69 Å². The SMILES string of the molecule is O=C(c1ccc(F)cc1C(F)(F)F)N1CCN(CCOC(c2ccccc2)c2ccccc2)CC1. The Morgan fingerprint density at radius 2 is 1.43 bits per heavy atom. The topological polar surface area (TPSA) is 32.8 Å². The van der Waals surface area contributed by atoms with Crippen LogP contribution in [0.15, 0.2) is 78.9 Å². The molecule has 0 unspecified atom stereocenters. The predicted molar refractivity (Wildman–Crippen MR) is 124 cm³/mol. The smallest absolute Gasteiger partial charge is 0.367 e. The fourth-order valence-corrected chi connectivity index (χ4v) is 4.22. The van der Waals surface area contributed by atoms with Crippen molar-refractivity contribution < 1.29 is 27.1 Å². The zero-order valence-corrected chi connectivity index (χ0v) is 19.0. The standard InChI is InChI=1S/C27H26F4N2O2/c28-22-11-12-23(24(19-22)27(29,30)31)26(34)33-15-13-32(14-16-33)17-18-35-25(20-7-3-1-4-8-20)21-9-5-2-6-10-21/h1-12,19,25H,13-18H2. The molecule has 3 aromatic carbocycles. The number of hydrogen-bond donors (Lipinski definition) is 0. The van der Waals surface area contributed by atoms with E-state index in [0.717, 1.165) is 23.3 Å². The number of halogens is 4. The second kappa shape index (κ2) is 11.0. The van der Waals surface area contributed by atoms with Crippen molar-refractivity contribution in [3.8, 4) is 0 Å². The Morgan fingerprint density at radius 3 is 1.97 bits per heavy atom. The van der Waals surface area contributed by atoms with Gasteiger partial charge in [-0.05, 0) is 29.3 Å². The molecule has 0 spiro atoms. The van der Waals surface area contributed by atoms with Crippen LogP contribution < -0.4 is 0 Å². The van der Waals surface area contributed by atoms with Gasteiger partial charge in [0.2, 0.25) is 0 Å². The Hall–Kier alpha value is -3.23. The van der Waals surface area contributed by atoms with Crippen LogP contribution in [0, 0.1) is 5.82 Å². The number of amides is 1. The van der Waals surface area contributed by atoms with E-state index in [9.17, 15) is 22.4 Å². The first-order chi connectivity index (χ1) is 16.8. The van der Waals surface area contributed by atoms with Gasteiger partial charge in [0, 0.05) is 32.7 Å². The molecule has 0 aromatic heterocycles. The molecule has 3 aromatic rings. The van der Waals surface area contributed by atoms with Crippen molar-refractivity contribution in [3.05, 3.63) is 107 Å². The lowest BCUT2D eigenvalue weighted by Crippen LogP contribution is -2.49. The number of alkyl halides is 3. The van der Waals surface area contributed by atoms with Crippen LogP contribution in [-0.2, 0) is 10.9 Å². The molecule has 0 saturated carbocycles. The van der Waals surface area contributed by atoms with Crippen LogP contribution >= 0.6 is 0 Å². The largest absolute Gasteiger partial charge is 0.417 e. The van der Waals surface area contributed by atoms with E-state index in [4.69, 9.17) is 4.74 Å². The van der Waals surface area contributed by atoms with Crippen molar-refractivity contribution >= 4 is 5.91 Å². The molecule has 0 atom stereocenters. The van der Waals surface area contributed by atoms with Gasteiger partial charge in [-0.25, -0.2) is 4.39 Å². The molecule has 0 N–H and O–H groups in total. The van der Waals surface area contributed by atoms with E-state index in [2.05, 4.69) is 4.90 Å². The number of carbonyl (C=O) groups excluding carboxylic acids is 1. The summed E-state index contributed by atoms with van der Waals surface area (Å²) >= 11 is 0. The summed E-state index contributed by atoms with van der Waals surface area (Å²) in [6.07, 6.45) is -5.01. The first-order valence-corrected chi connectivity index (χ1v) is 11.4. The summed E-state index contributed by atoms with van der Waals surface area (Å²) in [6, 6.07) is 22.0. The van der Waals surface area contributed by atoms with Crippen molar-refractivity contribution in [2.75, 3.05) is 39.3 Å². The van der Waals surface area contributed by atoms with Crippen molar-refractivity contribution in [3.63, 3.8) is 0 Å². The highest BCUT2D eigenvalue weighted by Crippen LogP contribution is 2.33. The van der Waals surface area contributed by atoms with Crippen molar-refractivity contribution in [1.29, 1.82) is 0 Å². The second-order valence-corrected chi connectivity index (χ2v) is 8.39. The third kappa shape index (κ3) is 6.26. The number of piperazine rings is 1. The van der Waals surface area contributed by atoms with Crippen molar-refractivity contribution in [2.45, 2.75) is 12.3 Å². The summed E-state index contributed by atoms with van der Waals surface area (Å²) in [7, 11) is 0. The zero-order valence-electron chi connectivity index (χ0n) is 19.0. The molecule has 1 fully saturated rings. The molecule has 8 heteroatoms. The van der Waals surface area contributed by atoms with E-state index in [1.807, 2.05) is 60.7 Å². The Bertz CT molecular complexity index is 1080. The lowest BCUT2D eigenvalue weighted by Gasteiger charge is -2.35. The number of benzene rings is 3. The summed E-state index contributed by atoms with van der Waals surface area (Å²) in [5.74, 6) is -1.76. The van der Waals surface area contributed by atoms with E-state index in [1.165, 1.54) is 4.90 Å². The lowest BCUT2D eigenvalue weighted by atomic mass is 10.0. The minimum atomic E-state index is -4.81. The minimum Gasteiger partial charge on any atom is -0.367 e. The molecule has 4 nitrogen and oxygen atoms in total. The van der Waals surface area contributed by atoms with E-state index in [-0.39, 0.29) is 19.2 Å². The van der Waals surface area contributed by atoms with Crippen molar-refractivity contribution in [1.82, 2.24) is 9.80 Å². The van der Waals surface area contributed by atoms with Gasteiger partial charge in [0.15, 0.2) is 0 Å². The van der Waals surface area contributed by atoms with Crippen LogP contribution in [0.25, 0.3) is 0 Å². The lowest BCUT2D eigenvalue weighted by molar-refractivity contribution is -0.138. The first-order valence-electron chi connectivity index (χ1n) is 11.4. The van der Waals surface area contributed by atoms with Crippen LogP contribution in [0.2, 0.25) is 0 Å². The normalized spacial score (nSPS) is 14.9. The summed E-state index contributed by atoms with van der Waals surface area (Å²) in [4.78, 5) is 16.3. The Kier molecular flexibility index (Phi) is 7.83. The molecule has 184 valence electrons. The number of hydrogen-bond acceptors (Lipinski definition) is 3. The van der Waals surface area contributed by atoms with Crippen LogP contribution in [0.3, 0.4) is 0 Å². The molecule has 1 heterocycles. The van der Waals surface area contributed by atoms with Gasteiger partial charge in [-0.2, -0.15) is 13.2 Å². The fraction of sp³-hybridized carbons (Fsp3) is 0.296. The molecular weight excluding hydrogens is 460 g/mol. The molecule has 4 rings (SSSR count). The highest BCUT2D eigenvalue weighted by Gasteiger charge is 2.37. The predicted octanol–water partition coefficient (Wildman–Crippen LogP) is 5.41. The van der Waals surface area contributed by atoms with Crippen molar-refractivity contribution in [2.24, 2.45) is 0 Å². The van der Waals surface area contributed by atoms with Crippen LogP contribution in [-0.4, -0.2) is 55.0 Å². The summed E-state index contributed by atoms with van der Waals surface area (Å²) in [5, 5.41) is 0. The Morgan fingerprint density at radius 1 is 0.857 bits per heavy atom. The maximum Gasteiger partial charge on any atom is 0.417 e. The van der Waals surface area contributed by atoms with E-state index >= 15 is 0 Å². The Balaban J connectivity index is 1.33. The summed E-state index contributed by atoms with van der Waals surface area (Å²) in [5.41, 5.74) is 0.332. The van der Waals surface area contributed by atoms with Gasteiger partial charge in [0.25, 0.3) is 5.91 Å². The maximum absolute atomic E-state index is 13.4. The number of rotatable bonds is 7. The van der Waals surface area contributed by atoms with E-state index in [0.29, 0.717) is 32.3 Å². The third-order valence-electron chi connectivity index (χ3n) is 6.07. The minimum absolute atomic E-state index is 0.209. The van der Waals surface area contributed by atoms with Gasteiger partial charge < -0.3 is 9.64 Å². The number of ether oxygens (including phenoxy) is 1. The number of carbonyl (C=O) groups is 1. The van der Waals surface area contributed by atoms with Gasteiger partial charge in [-0.15, -0.1) is 0 Å². The second-order valence-electron chi connectivity index (χ2n) is 8.39. The zero-order chi connectivity index (χ0) is 24.8. The monoisotopic (exact) mass is 486 g/mol. The summed E-state index contributed by atoms with van der Waals surface area (Å²) in [6.45, 7) is 2.68. The van der Waals surface area contributed by atoms with E-state index < -0.39 is 29.0 Å². The molecule has 0 radical (unpaired) electrons. The van der Waals surface area contributed by atoms with Gasteiger partial charge in [0.05, 0.1) is 17.7 Å².